The summed E-state index contributed by atoms with van der Waals surface area (Å²) in [5, 5.41) is 15.2. The van der Waals surface area contributed by atoms with E-state index in [4.69, 9.17) is 0 Å². The van der Waals surface area contributed by atoms with Crippen molar-refractivity contribution >= 4 is 22.4 Å². The Kier molecular flexibility index (Phi) is 3.27. The molecule has 0 fully saturated rings. The second-order valence-electron chi connectivity index (χ2n) is 4.52. The van der Waals surface area contributed by atoms with Gasteiger partial charge >= 0.3 is 0 Å². The van der Waals surface area contributed by atoms with Crippen LogP contribution in [0.1, 0.15) is 16.1 Å². The van der Waals surface area contributed by atoms with Gasteiger partial charge in [-0.3, -0.25) is 10.1 Å². The summed E-state index contributed by atoms with van der Waals surface area (Å²) in [6, 6.07) is 7.98. The predicted octanol–water partition coefficient (Wildman–Crippen LogP) is 1.50. The molecule has 0 radical (unpaired) electrons. The number of carbonyl (C=O) groups excluding carboxylic acids is 1. The molecule has 2 heterocycles. The minimum absolute atomic E-state index is 0.0503. The number of nitrogens with zero attached hydrogens (tertiary/aromatic N) is 2. The van der Waals surface area contributed by atoms with Crippen LogP contribution in [0.5, 0.6) is 0 Å². The van der Waals surface area contributed by atoms with E-state index in [1.807, 2.05) is 19.1 Å². The van der Waals surface area contributed by atoms with E-state index >= 15 is 0 Å². The normalized spacial score (nSPS) is 17.8. The van der Waals surface area contributed by atoms with Crippen LogP contribution in [-0.2, 0) is 17.8 Å². The summed E-state index contributed by atoms with van der Waals surface area (Å²) in [5.41, 5.74) is 2.49. The second-order valence-corrected chi connectivity index (χ2v) is 5.70. The summed E-state index contributed by atoms with van der Waals surface area (Å²) in [6.07, 6.45) is 0.708. The zero-order valence-corrected chi connectivity index (χ0v) is 11.3. The molecular weight excluding hydrogens is 260 g/mol. The fraction of sp³-hybridized carbons (Fsp3) is 0.308. The van der Waals surface area contributed by atoms with E-state index in [-0.39, 0.29) is 11.9 Å². The van der Waals surface area contributed by atoms with Crippen LogP contribution < -0.4 is 10.6 Å². The molecule has 0 bridgehead atoms. The number of nitrogens with one attached hydrogen (secondary N) is 2. The largest absolute Gasteiger partial charge is 0.301 e. The van der Waals surface area contributed by atoms with Crippen molar-refractivity contribution in [1.82, 2.24) is 15.5 Å². The molecule has 2 N–H and O–H groups in total. The lowest BCUT2D eigenvalue weighted by Gasteiger charge is -2.24. The Balaban J connectivity index is 1.69. The van der Waals surface area contributed by atoms with E-state index in [1.165, 1.54) is 22.5 Å². The molecule has 2 aromatic rings. The maximum atomic E-state index is 12.2. The zero-order valence-electron chi connectivity index (χ0n) is 10.5. The lowest BCUT2D eigenvalue weighted by Crippen LogP contribution is -2.44. The van der Waals surface area contributed by atoms with Crippen molar-refractivity contribution in [2.75, 3.05) is 5.32 Å². The van der Waals surface area contributed by atoms with Crippen LogP contribution in [0.4, 0.5) is 5.13 Å². The quantitative estimate of drug-likeness (QED) is 0.871. The van der Waals surface area contributed by atoms with Gasteiger partial charge in [0.25, 0.3) is 0 Å². The van der Waals surface area contributed by atoms with Crippen LogP contribution in [0.2, 0.25) is 0 Å². The average Bonchev–Trinajstić information content (AvgIpc) is 2.83. The molecule has 0 aliphatic carbocycles. The average molecular weight is 274 g/mol. The highest BCUT2D eigenvalue weighted by atomic mass is 32.1. The summed E-state index contributed by atoms with van der Waals surface area (Å²) in [7, 11) is 0. The Hall–Kier alpha value is -1.79. The van der Waals surface area contributed by atoms with Crippen molar-refractivity contribution in [1.29, 1.82) is 0 Å². The standard InChI is InChI=1S/C13H14N4OS/c1-8-16-17-13(19-8)15-12(18)11-6-9-4-2-3-5-10(9)7-14-11/h2-5,11,14H,6-7H2,1H3,(H,15,17,18)/t11-/m1/s1. The lowest BCUT2D eigenvalue weighted by atomic mass is 9.95. The second kappa shape index (κ2) is 5.07. The first-order valence-electron chi connectivity index (χ1n) is 6.13. The van der Waals surface area contributed by atoms with Gasteiger partial charge in [0.15, 0.2) is 0 Å². The van der Waals surface area contributed by atoms with Crippen molar-refractivity contribution in [3.63, 3.8) is 0 Å². The highest BCUT2D eigenvalue weighted by molar-refractivity contribution is 7.15. The van der Waals surface area contributed by atoms with E-state index in [0.29, 0.717) is 11.6 Å². The van der Waals surface area contributed by atoms with Gasteiger partial charge in [0, 0.05) is 6.54 Å². The van der Waals surface area contributed by atoms with Gasteiger partial charge in [-0.2, -0.15) is 0 Å². The number of aryl methyl sites for hydroxylation is 1. The minimum Gasteiger partial charge on any atom is -0.301 e. The number of anilines is 1. The maximum absolute atomic E-state index is 12.2. The summed E-state index contributed by atoms with van der Waals surface area (Å²) < 4.78 is 0. The smallest absolute Gasteiger partial charge is 0.243 e. The third-order valence-electron chi connectivity index (χ3n) is 3.15. The predicted molar refractivity (Wildman–Crippen MR) is 74.0 cm³/mol. The Labute approximate surface area is 115 Å². The van der Waals surface area contributed by atoms with Crippen LogP contribution >= 0.6 is 11.3 Å². The number of aromatic nitrogens is 2. The molecule has 19 heavy (non-hydrogen) atoms. The van der Waals surface area contributed by atoms with Crippen LogP contribution in [0.15, 0.2) is 24.3 Å². The highest BCUT2D eigenvalue weighted by Crippen LogP contribution is 2.18. The molecule has 1 aliphatic rings. The van der Waals surface area contributed by atoms with Crippen LogP contribution in [0, 0.1) is 6.92 Å². The van der Waals surface area contributed by atoms with Crippen LogP contribution in [0.3, 0.4) is 0 Å². The van der Waals surface area contributed by atoms with Gasteiger partial charge < -0.3 is 5.32 Å². The first-order valence-corrected chi connectivity index (χ1v) is 6.95. The molecule has 1 amide bonds. The molecular formula is C13H14N4OS. The molecule has 98 valence electrons. The summed E-state index contributed by atoms with van der Waals surface area (Å²) in [4.78, 5) is 12.2. The van der Waals surface area contributed by atoms with Crippen molar-refractivity contribution in [3.05, 3.63) is 40.4 Å². The molecule has 0 saturated carbocycles. The van der Waals surface area contributed by atoms with Gasteiger partial charge in [0.1, 0.15) is 5.01 Å². The maximum Gasteiger partial charge on any atom is 0.243 e. The topological polar surface area (TPSA) is 66.9 Å². The van der Waals surface area contributed by atoms with E-state index in [2.05, 4.69) is 33.0 Å². The number of rotatable bonds is 2. The Morgan fingerprint density at radius 3 is 2.89 bits per heavy atom. The summed E-state index contributed by atoms with van der Waals surface area (Å²) in [5.74, 6) is -0.0503. The van der Waals surface area contributed by atoms with Crippen molar-refractivity contribution < 1.29 is 4.79 Å². The van der Waals surface area contributed by atoms with Gasteiger partial charge in [0.2, 0.25) is 11.0 Å². The van der Waals surface area contributed by atoms with Gasteiger partial charge in [-0.25, -0.2) is 0 Å². The summed E-state index contributed by atoms with van der Waals surface area (Å²) >= 11 is 1.38. The molecule has 1 aromatic carbocycles. The van der Waals surface area contributed by atoms with Crippen LogP contribution in [0.25, 0.3) is 0 Å². The number of amides is 1. The van der Waals surface area contributed by atoms with Crippen molar-refractivity contribution in [2.24, 2.45) is 0 Å². The van der Waals surface area contributed by atoms with E-state index in [0.717, 1.165) is 11.6 Å². The first-order chi connectivity index (χ1) is 9.22. The molecule has 0 spiro atoms. The van der Waals surface area contributed by atoms with E-state index < -0.39 is 0 Å². The van der Waals surface area contributed by atoms with Gasteiger partial charge in [-0.1, -0.05) is 35.6 Å². The van der Waals surface area contributed by atoms with Crippen LogP contribution in [-0.4, -0.2) is 22.1 Å². The zero-order chi connectivity index (χ0) is 13.2. The number of hydrogen-bond donors (Lipinski definition) is 2. The van der Waals surface area contributed by atoms with Crippen molar-refractivity contribution in [2.45, 2.75) is 25.9 Å². The molecule has 1 aromatic heterocycles. The highest BCUT2D eigenvalue weighted by Gasteiger charge is 2.24. The van der Waals surface area contributed by atoms with E-state index in [1.54, 1.807) is 0 Å². The Morgan fingerprint density at radius 1 is 1.37 bits per heavy atom. The number of fused-ring (bicyclic) bond motifs is 1. The van der Waals surface area contributed by atoms with Gasteiger partial charge in [0.05, 0.1) is 6.04 Å². The fourth-order valence-corrected chi connectivity index (χ4v) is 2.77. The Bertz CT molecular complexity index is 610. The third-order valence-corrected chi connectivity index (χ3v) is 3.91. The molecule has 3 rings (SSSR count). The number of hydrogen-bond acceptors (Lipinski definition) is 5. The number of benzene rings is 1. The van der Waals surface area contributed by atoms with Crippen molar-refractivity contribution in [3.8, 4) is 0 Å². The fourth-order valence-electron chi connectivity index (χ4n) is 2.18. The molecule has 0 unspecified atom stereocenters. The third kappa shape index (κ3) is 2.64. The number of carbonyl (C=O) groups is 1. The SMILES string of the molecule is Cc1nnc(NC(=O)[C@H]2Cc3ccccc3CN2)s1. The minimum atomic E-state index is -0.209. The monoisotopic (exact) mass is 274 g/mol. The lowest BCUT2D eigenvalue weighted by molar-refractivity contribution is -0.118. The Morgan fingerprint density at radius 2 is 2.16 bits per heavy atom. The molecule has 5 nitrogen and oxygen atoms in total. The van der Waals surface area contributed by atoms with E-state index in [9.17, 15) is 4.79 Å². The molecule has 1 atom stereocenters. The molecule has 6 heteroatoms. The summed E-state index contributed by atoms with van der Waals surface area (Å²) in [6.45, 7) is 2.59. The molecule has 1 aliphatic heterocycles. The first kappa shape index (κ1) is 12.3. The van der Waals surface area contributed by atoms with Gasteiger partial charge in [-0.05, 0) is 24.5 Å². The van der Waals surface area contributed by atoms with Gasteiger partial charge in [-0.15, -0.1) is 10.2 Å². The molecule has 0 saturated heterocycles.